The summed E-state index contributed by atoms with van der Waals surface area (Å²) >= 11 is 0. The second kappa shape index (κ2) is 25.4. The third kappa shape index (κ3) is 21.9. The Kier molecular flexibility index (Phi) is 24.6. The van der Waals surface area contributed by atoms with E-state index in [1.165, 1.54) is 56.2 Å². The molecule has 0 unspecified atom stereocenters. The van der Waals surface area contributed by atoms with Gasteiger partial charge in [-0.3, -0.25) is 19.2 Å². The SMILES string of the molecule is C.C1CCOC1.CC(=O)c1ccc(O)cc1.CCCCC(=O)CC(=O)c1ccc(O)cc1.CCCCC(=O)OCC. The summed E-state index contributed by atoms with van der Waals surface area (Å²) in [4.78, 5) is 44.3. The van der Waals surface area contributed by atoms with E-state index in [2.05, 4.69) is 6.92 Å². The molecule has 0 saturated carbocycles. The van der Waals surface area contributed by atoms with Crippen molar-refractivity contribution in [3.63, 3.8) is 0 Å². The Balaban J connectivity index is 0. The Morgan fingerprint density at radius 2 is 1.22 bits per heavy atom. The maximum absolute atomic E-state index is 11.6. The van der Waals surface area contributed by atoms with Gasteiger partial charge in [0.15, 0.2) is 11.6 Å². The van der Waals surface area contributed by atoms with Crippen LogP contribution in [0.5, 0.6) is 11.5 Å². The highest BCUT2D eigenvalue weighted by Crippen LogP contribution is 2.12. The van der Waals surface area contributed by atoms with E-state index in [9.17, 15) is 19.2 Å². The summed E-state index contributed by atoms with van der Waals surface area (Å²) < 4.78 is 9.65. The zero-order valence-corrected chi connectivity index (χ0v) is 24.4. The summed E-state index contributed by atoms with van der Waals surface area (Å²) in [6.45, 7) is 9.88. The molecule has 1 saturated heterocycles. The van der Waals surface area contributed by atoms with Crippen molar-refractivity contribution in [3.05, 3.63) is 59.7 Å². The lowest BCUT2D eigenvalue weighted by atomic mass is 10.0. The molecule has 2 aromatic rings. The first-order chi connectivity index (χ1) is 19.1. The van der Waals surface area contributed by atoms with Crippen molar-refractivity contribution < 1.29 is 38.9 Å². The number of unbranched alkanes of at least 4 members (excludes halogenated alkanes) is 2. The number of aromatic hydroxyl groups is 2. The number of benzene rings is 2. The minimum Gasteiger partial charge on any atom is -0.508 e. The molecule has 0 atom stereocenters. The number of hydrogen-bond acceptors (Lipinski definition) is 8. The molecule has 8 nitrogen and oxygen atoms in total. The number of hydrogen-bond donors (Lipinski definition) is 2. The van der Waals surface area contributed by atoms with Crippen LogP contribution in [0.25, 0.3) is 0 Å². The van der Waals surface area contributed by atoms with Gasteiger partial charge in [0.05, 0.1) is 13.0 Å². The van der Waals surface area contributed by atoms with Gasteiger partial charge in [-0.25, -0.2) is 0 Å². The summed E-state index contributed by atoms with van der Waals surface area (Å²) in [5, 5.41) is 17.9. The molecule has 230 valence electrons. The molecular weight excluding hydrogens is 524 g/mol. The van der Waals surface area contributed by atoms with E-state index in [0.717, 1.165) is 38.9 Å². The Labute approximate surface area is 246 Å². The molecule has 1 aliphatic rings. The van der Waals surface area contributed by atoms with Gasteiger partial charge in [-0.1, -0.05) is 34.1 Å². The monoisotopic (exact) mass is 574 g/mol. The predicted octanol–water partition coefficient (Wildman–Crippen LogP) is 7.49. The number of phenolic OH excluding ortho intramolecular Hbond substituents is 2. The highest BCUT2D eigenvalue weighted by molar-refractivity contribution is 6.07. The molecule has 0 spiro atoms. The number of carbonyl (C=O) groups is 4. The molecule has 3 rings (SSSR count). The first-order valence-electron chi connectivity index (χ1n) is 14.0. The lowest BCUT2D eigenvalue weighted by Gasteiger charge is -2.00. The molecule has 1 heterocycles. The van der Waals surface area contributed by atoms with Crippen molar-refractivity contribution >= 4 is 23.3 Å². The van der Waals surface area contributed by atoms with Crippen LogP contribution in [0.2, 0.25) is 0 Å². The average molecular weight is 575 g/mol. The third-order valence-corrected chi connectivity index (χ3v) is 5.50. The van der Waals surface area contributed by atoms with Crippen LogP contribution in [-0.4, -0.2) is 53.4 Å². The van der Waals surface area contributed by atoms with E-state index in [1.54, 1.807) is 12.1 Å². The summed E-state index contributed by atoms with van der Waals surface area (Å²) in [6.07, 6.45) is 7.36. The van der Waals surface area contributed by atoms with Crippen molar-refractivity contribution in [1.29, 1.82) is 0 Å². The van der Waals surface area contributed by atoms with Crippen LogP contribution >= 0.6 is 0 Å². The highest BCUT2D eigenvalue weighted by Gasteiger charge is 2.11. The number of rotatable bonds is 11. The molecule has 1 fully saturated rings. The van der Waals surface area contributed by atoms with Crippen LogP contribution < -0.4 is 0 Å². The first-order valence-corrected chi connectivity index (χ1v) is 14.0. The second-order valence-corrected chi connectivity index (χ2v) is 9.12. The van der Waals surface area contributed by atoms with Gasteiger partial charge >= 0.3 is 5.97 Å². The molecule has 2 N–H and O–H groups in total. The number of phenols is 2. The fourth-order valence-electron chi connectivity index (χ4n) is 3.15. The summed E-state index contributed by atoms with van der Waals surface area (Å²) in [5.41, 5.74) is 1.10. The standard InChI is InChI=1S/C13H16O3.C8H8O2.C7H14O2.C4H8O.CH4/c1-2-3-4-12(15)9-13(16)10-5-7-11(14)8-6-10;1-6(9)7-2-4-8(10)5-3-7;1-3-5-6-7(8)9-4-2;1-2-4-5-3-1;/h5-8,14H,2-4,9H2,1H3;2-5,10H,1H3;3-6H2,1-2H3;1-4H2;1H4. The number of esters is 1. The number of ether oxygens (including phenoxy) is 2. The summed E-state index contributed by atoms with van der Waals surface area (Å²) in [7, 11) is 0. The maximum atomic E-state index is 11.6. The minimum absolute atomic E-state index is 0. The van der Waals surface area contributed by atoms with Gasteiger partial charge in [0.2, 0.25) is 0 Å². The Hall–Kier alpha value is -3.52. The van der Waals surface area contributed by atoms with Gasteiger partial charge in [0.1, 0.15) is 17.3 Å². The van der Waals surface area contributed by atoms with Crippen LogP contribution in [0, 0.1) is 0 Å². The van der Waals surface area contributed by atoms with Crippen molar-refractivity contribution in [1.82, 2.24) is 0 Å². The van der Waals surface area contributed by atoms with E-state index in [4.69, 9.17) is 19.7 Å². The number of Topliss-reactive ketones (excluding diaryl/α,β-unsaturated/α-hetero) is 3. The van der Waals surface area contributed by atoms with Gasteiger partial charge in [-0.2, -0.15) is 0 Å². The molecule has 1 aliphatic heterocycles. The van der Waals surface area contributed by atoms with E-state index in [0.29, 0.717) is 30.6 Å². The van der Waals surface area contributed by atoms with Gasteiger partial charge in [-0.15, -0.1) is 0 Å². The van der Waals surface area contributed by atoms with Crippen LogP contribution in [0.1, 0.15) is 114 Å². The number of ketones is 3. The van der Waals surface area contributed by atoms with Crippen LogP contribution in [-0.2, 0) is 19.1 Å². The van der Waals surface area contributed by atoms with Crippen molar-refractivity contribution in [2.24, 2.45) is 0 Å². The van der Waals surface area contributed by atoms with Gasteiger partial charge < -0.3 is 19.7 Å². The van der Waals surface area contributed by atoms with Crippen molar-refractivity contribution in [2.75, 3.05) is 19.8 Å². The molecular formula is C33H50O8. The Morgan fingerprint density at radius 3 is 1.61 bits per heavy atom. The maximum Gasteiger partial charge on any atom is 0.305 e. The van der Waals surface area contributed by atoms with Gasteiger partial charge in [0, 0.05) is 37.2 Å². The fourth-order valence-corrected chi connectivity index (χ4v) is 3.15. The van der Waals surface area contributed by atoms with E-state index < -0.39 is 0 Å². The highest BCUT2D eigenvalue weighted by atomic mass is 16.5. The molecule has 0 radical (unpaired) electrons. The largest absolute Gasteiger partial charge is 0.508 e. The summed E-state index contributed by atoms with van der Waals surface area (Å²) in [6, 6.07) is 12.1. The topological polar surface area (TPSA) is 127 Å². The molecule has 0 bridgehead atoms. The van der Waals surface area contributed by atoms with Gasteiger partial charge in [0.25, 0.3) is 0 Å². The average Bonchev–Trinajstić information content (AvgIpc) is 3.53. The fraction of sp³-hybridized carbons (Fsp3) is 0.515. The minimum atomic E-state index is -0.180. The van der Waals surface area contributed by atoms with Crippen LogP contribution in [0.3, 0.4) is 0 Å². The van der Waals surface area contributed by atoms with E-state index in [-0.39, 0.29) is 48.7 Å². The lowest BCUT2D eigenvalue weighted by Crippen LogP contribution is -2.07. The van der Waals surface area contributed by atoms with Crippen molar-refractivity contribution in [3.8, 4) is 11.5 Å². The third-order valence-electron chi connectivity index (χ3n) is 5.50. The second-order valence-electron chi connectivity index (χ2n) is 9.12. The zero-order chi connectivity index (χ0) is 30.2. The first kappa shape index (κ1) is 39.6. The summed E-state index contributed by atoms with van der Waals surface area (Å²) in [5.74, 6) is 0.0548. The lowest BCUT2D eigenvalue weighted by molar-refractivity contribution is -0.143. The molecule has 2 aromatic carbocycles. The smallest absolute Gasteiger partial charge is 0.305 e. The van der Waals surface area contributed by atoms with Crippen LogP contribution in [0.4, 0.5) is 0 Å². The van der Waals surface area contributed by atoms with Gasteiger partial charge in [-0.05, 0) is 88.1 Å². The number of carbonyl (C=O) groups excluding carboxylic acids is 4. The predicted molar refractivity (Wildman–Crippen MR) is 163 cm³/mol. The normalized spacial score (nSPS) is 11.1. The molecule has 8 heteroatoms. The molecule has 41 heavy (non-hydrogen) atoms. The molecule has 0 aliphatic carbocycles. The zero-order valence-electron chi connectivity index (χ0n) is 24.4. The van der Waals surface area contributed by atoms with Crippen molar-refractivity contribution in [2.45, 2.75) is 92.9 Å². The molecule has 0 amide bonds. The van der Waals surface area contributed by atoms with E-state index in [1.807, 2.05) is 13.8 Å². The Bertz CT molecular complexity index is 970. The van der Waals surface area contributed by atoms with Crippen LogP contribution in [0.15, 0.2) is 48.5 Å². The Morgan fingerprint density at radius 1 is 0.756 bits per heavy atom. The van der Waals surface area contributed by atoms with E-state index >= 15 is 0 Å². The quantitative estimate of drug-likeness (QED) is 0.160. The molecule has 0 aromatic heterocycles.